The van der Waals surface area contributed by atoms with Gasteiger partial charge < -0.3 is 10.4 Å². The number of aliphatic carboxylic acids is 1. The van der Waals surface area contributed by atoms with Crippen LogP contribution in [-0.2, 0) is 38.4 Å². The van der Waals surface area contributed by atoms with Gasteiger partial charge in [0, 0.05) is 30.2 Å². The number of imide groups is 1. The van der Waals surface area contributed by atoms with Crippen molar-refractivity contribution in [2.24, 2.45) is 0 Å². The molecule has 3 amide bonds. The number of halogens is 2. The molecule has 2 atom stereocenters. The van der Waals surface area contributed by atoms with E-state index in [1.54, 1.807) is 78.9 Å². The fourth-order valence-electron chi connectivity index (χ4n) is 7.88. The lowest BCUT2D eigenvalue weighted by molar-refractivity contribution is -0.140. The minimum Gasteiger partial charge on any atom is -0.481 e. The number of nitrogens with zero attached hydrogens (tertiary/aromatic N) is 3. The largest absolute Gasteiger partial charge is 0.481 e. The van der Waals surface area contributed by atoms with Crippen LogP contribution >= 0.6 is 0 Å². The van der Waals surface area contributed by atoms with E-state index < -0.39 is 41.3 Å². The van der Waals surface area contributed by atoms with Crippen LogP contribution < -0.4 is 21.3 Å². The number of aromatic nitrogens is 4. The van der Waals surface area contributed by atoms with Crippen LogP contribution in [0, 0.1) is 11.6 Å². The lowest BCUT2D eigenvalue weighted by Gasteiger charge is -2.23. The number of anilines is 2. The topological polar surface area (TPSA) is 195 Å². The molecular formula is C54H50F2N6O7. The third-order valence-electron chi connectivity index (χ3n) is 11.3. The number of allylic oxidation sites excluding steroid dienone is 3. The second kappa shape index (κ2) is 23.8. The Morgan fingerprint density at radius 1 is 0.739 bits per heavy atom. The zero-order valence-corrected chi connectivity index (χ0v) is 38.1. The number of carbonyl (C=O) groups excluding carboxylic acids is 3. The number of aromatic amines is 2. The first kappa shape index (κ1) is 50.0. The average Bonchev–Trinajstić information content (AvgIpc) is 3.64. The zero-order valence-electron chi connectivity index (χ0n) is 38.1. The van der Waals surface area contributed by atoms with E-state index in [0.717, 1.165) is 16.0 Å². The summed E-state index contributed by atoms with van der Waals surface area (Å²) in [5.41, 5.74) is 4.41. The molecule has 0 saturated carbocycles. The fourth-order valence-corrected chi connectivity index (χ4v) is 7.88. The number of fused-ring (bicyclic) bond motifs is 2. The highest BCUT2D eigenvalue weighted by Gasteiger charge is 2.28. The van der Waals surface area contributed by atoms with Crippen molar-refractivity contribution < 1.29 is 33.1 Å². The smallest absolute Gasteiger partial charge is 0.311 e. The summed E-state index contributed by atoms with van der Waals surface area (Å²) in [5, 5.41) is 26.5. The van der Waals surface area contributed by atoms with Crippen molar-refractivity contribution >= 4 is 52.4 Å². The molecule has 2 unspecified atom stereocenters. The molecule has 0 radical (unpaired) electrons. The highest BCUT2D eigenvalue weighted by molar-refractivity contribution is 6.10. The van der Waals surface area contributed by atoms with Gasteiger partial charge in [-0.2, -0.15) is 10.2 Å². The summed E-state index contributed by atoms with van der Waals surface area (Å²) in [6.45, 7) is 5.85. The minimum atomic E-state index is -1.14. The van der Waals surface area contributed by atoms with Gasteiger partial charge in [-0.15, -0.1) is 0 Å². The highest BCUT2D eigenvalue weighted by Crippen LogP contribution is 2.29. The zero-order chi connectivity index (χ0) is 49.5. The van der Waals surface area contributed by atoms with Crippen LogP contribution in [0.15, 0.2) is 149 Å². The van der Waals surface area contributed by atoms with Crippen molar-refractivity contribution in [2.75, 3.05) is 10.2 Å². The van der Waals surface area contributed by atoms with Crippen LogP contribution in [0.1, 0.15) is 90.2 Å². The van der Waals surface area contributed by atoms with Crippen molar-refractivity contribution in [3.63, 3.8) is 0 Å². The molecule has 2 aromatic heterocycles. The molecule has 8 rings (SSSR count). The summed E-state index contributed by atoms with van der Waals surface area (Å²) in [5.74, 6) is -5.19. The molecule has 1 aliphatic carbocycles. The van der Waals surface area contributed by atoms with Gasteiger partial charge in [0.25, 0.3) is 11.1 Å². The summed E-state index contributed by atoms with van der Waals surface area (Å²) in [6, 6.07) is 33.2. The lowest BCUT2D eigenvalue weighted by Crippen LogP contribution is -2.34. The van der Waals surface area contributed by atoms with Gasteiger partial charge >= 0.3 is 5.97 Å². The molecule has 0 bridgehead atoms. The van der Waals surface area contributed by atoms with E-state index in [1.165, 1.54) is 24.3 Å². The van der Waals surface area contributed by atoms with Gasteiger partial charge in [-0.1, -0.05) is 130 Å². The number of benzene rings is 5. The third-order valence-corrected chi connectivity index (χ3v) is 11.3. The molecule has 2 heterocycles. The molecular weight excluding hydrogens is 883 g/mol. The van der Waals surface area contributed by atoms with Gasteiger partial charge in [-0.05, 0) is 77.1 Å². The van der Waals surface area contributed by atoms with Gasteiger partial charge in [-0.3, -0.25) is 28.8 Å². The quantitative estimate of drug-likeness (QED) is 0.0769. The standard InChI is InChI=1S/C27H24FN3O3.C25H20FN3O4.C2H6/c1-2-20(19-9-5-3-6-10-19)27(34)31(17-32)25-16-18(13-14-23(25)28)15-24-21-11-7-4-8-12-22(21)26(33)30-29-24;26-20-11-10-15(12-21-17-8-4-5-9-18(17)24(31)29-28-21)13-22(20)27-23(30)14-19(25(32)33)16-6-2-1-3-7-16;1-2/h3-10,12-14,16-17,20H,2,11,15H2,1H3,(H,30,33);1-11,13,19H,12,14H2,(H,27,30)(H,29,31)(H,32,33);1-2H3. The Balaban J connectivity index is 0.000000219. The van der Waals surface area contributed by atoms with Crippen LogP contribution in [0.3, 0.4) is 0 Å². The first-order valence-corrected chi connectivity index (χ1v) is 22.3. The van der Waals surface area contributed by atoms with Crippen molar-refractivity contribution in [2.45, 2.75) is 64.7 Å². The van der Waals surface area contributed by atoms with Gasteiger partial charge in [0.2, 0.25) is 18.2 Å². The van der Waals surface area contributed by atoms with Gasteiger partial charge in [0.15, 0.2) is 0 Å². The summed E-state index contributed by atoms with van der Waals surface area (Å²) in [7, 11) is 0. The van der Waals surface area contributed by atoms with E-state index in [9.17, 15) is 42.7 Å². The first-order chi connectivity index (χ1) is 33.4. The van der Waals surface area contributed by atoms with E-state index in [4.69, 9.17) is 0 Å². The second-order valence-corrected chi connectivity index (χ2v) is 15.6. The Kier molecular flexibility index (Phi) is 17.3. The maximum atomic E-state index is 14.8. The van der Waals surface area contributed by atoms with E-state index in [2.05, 4.69) is 25.7 Å². The molecule has 4 N–H and O–H groups in total. The van der Waals surface area contributed by atoms with Crippen LogP contribution in [0.2, 0.25) is 0 Å². The number of carbonyl (C=O) groups is 4. The molecule has 0 aliphatic heterocycles. The number of amides is 3. The van der Waals surface area contributed by atoms with Crippen LogP contribution in [0.25, 0.3) is 16.8 Å². The van der Waals surface area contributed by atoms with Crippen molar-refractivity contribution in [3.8, 4) is 0 Å². The van der Waals surface area contributed by atoms with Crippen molar-refractivity contribution in [1.82, 2.24) is 20.4 Å². The van der Waals surface area contributed by atoms with Crippen LogP contribution in [-0.4, -0.2) is 49.7 Å². The SMILES string of the molecule is CC.CCC(C(=O)N(C=O)c1cc(Cc2n[nH]c(=O)c3c2CC=CC=C3)ccc1F)c1ccccc1.O=C(CC(C(=O)O)c1ccccc1)Nc1cc(Cc2n[nH]c(=O)c3ccccc23)ccc1F. The number of nitrogens with one attached hydrogen (secondary N) is 3. The predicted octanol–water partition coefficient (Wildman–Crippen LogP) is 9.18. The molecule has 1 aliphatic rings. The summed E-state index contributed by atoms with van der Waals surface area (Å²) >= 11 is 0. The second-order valence-electron chi connectivity index (χ2n) is 15.6. The molecule has 13 nitrogen and oxygen atoms in total. The van der Waals surface area contributed by atoms with Crippen LogP contribution in [0.4, 0.5) is 20.2 Å². The molecule has 5 aromatic carbocycles. The van der Waals surface area contributed by atoms with Gasteiger partial charge in [-0.25, -0.2) is 23.9 Å². The predicted molar refractivity (Wildman–Crippen MR) is 262 cm³/mol. The Morgan fingerprint density at radius 3 is 1.97 bits per heavy atom. The number of rotatable bonds is 14. The number of hydrogen-bond acceptors (Lipinski definition) is 8. The average molecular weight is 933 g/mol. The number of H-pyrrole nitrogens is 2. The number of hydrogen-bond donors (Lipinski definition) is 4. The Labute approximate surface area is 396 Å². The Bertz CT molecular complexity index is 3140. The Morgan fingerprint density at radius 2 is 1.32 bits per heavy atom. The minimum absolute atomic E-state index is 0.0524. The van der Waals surface area contributed by atoms with Crippen molar-refractivity contribution in [3.05, 3.63) is 217 Å². The van der Waals surface area contributed by atoms with E-state index >= 15 is 0 Å². The number of carboxylic acids is 1. The Hall–Kier alpha value is -8.46. The summed E-state index contributed by atoms with van der Waals surface area (Å²) in [4.78, 5) is 74.4. The van der Waals surface area contributed by atoms with Crippen LogP contribution in [0.5, 0.6) is 0 Å². The van der Waals surface area contributed by atoms with Gasteiger partial charge in [0.1, 0.15) is 11.6 Å². The fraction of sp³-hybridized carbons (Fsp3) is 0.185. The van der Waals surface area contributed by atoms with Crippen molar-refractivity contribution in [1.29, 1.82) is 0 Å². The monoisotopic (exact) mass is 932 g/mol. The maximum absolute atomic E-state index is 14.8. The molecule has 0 saturated heterocycles. The van der Waals surface area contributed by atoms with E-state index in [0.29, 0.717) is 76.5 Å². The molecule has 352 valence electrons. The normalized spacial score (nSPS) is 12.2. The van der Waals surface area contributed by atoms with Gasteiger partial charge in [0.05, 0.1) is 40.0 Å². The first-order valence-electron chi connectivity index (χ1n) is 22.3. The molecule has 0 spiro atoms. The van der Waals surface area contributed by atoms with E-state index in [-0.39, 0.29) is 28.9 Å². The molecule has 7 aromatic rings. The summed E-state index contributed by atoms with van der Waals surface area (Å²) < 4.78 is 29.2. The molecule has 0 fully saturated rings. The van der Waals surface area contributed by atoms with E-state index in [1.807, 2.05) is 63.3 Å². The third kappa shape index (κ3) is 12.3. The number of carboxylic acid groups (broad SMARTS) is 1. The lowest BCUT2D eigenvalue weighted by atomic mass is 9.94. The maximum Gasteiger partial charge on any atom is 0.311 e. The molecule has 69 heavy (non-hydrogen) atoms. The highest BCUT2D eigenvalue weighted by atomic mass is 19.1. The molecule has 15 heteroatoms. The summed E-state index contributed by atoms with van der Waals surface area (Å²) in [6.07, 6.45) is 8.94.